The van der Waals surface area contributed by atoms with Gasteiger partial charge in [-0.1, -0.05) is 0 Å². The van der Waals surface area contributed by atoms with Gasteiger partial charge in [0.1, 0.15) is 12.0 Å². The Bertz CT molecular complexity index is 195. The first-order valence-corrected chi connectivity index (χ1v) is 3.35. The summed E-state index contributed by atoms with van der Waals surface area (Å²) in [5, 5.41) is 8.51. The van der Waals surface area contributed by atoms with Gasteiger partial charge < -0.3 is 9.67 Å². The van der Waals surface area contributed by atoms with Crippen molar-refractivity contribution in [3.8, 4) is 0 Å². The Balaban J connectivity index is 2.49. The number of imidazole rings is 1. The number of rotatable bonds is 3. The maximum atomic E-state index is 8.51. The molecule has 1 heterocycles. The van der Waals surface area contributed by atoms with Gasteiger partial charge in [-0.2, -0.15) is 0 Å². The molecule has 0 saturated heterocycles. The van der Waals surface area contributed by atoms with Crippen LogP contribution in [0.5, 0.6) is 0 Å². The molecule has 0 aliphatic rings. The Morgan fingerprint density at radius 3 is 3.10 bits per heavy atom. The van der Waals surface area contributed by atoms with Crippen molar-refractivity contribution in [2.45, 2.75) is 19.9 Å². The zero-order valence-corrected chi connectivity index (χ0v) is 6.04. The Hall–Kier alpha value is -0.830. The Labute approximate surface area is 60.3 Å². The van der Waals surface area contributed by atoms with E-state index in [1.807, 2.05) is 11.5 Å². The van der Waals surface area contributed by atoms with Gasteiger partial charge in [-0.25, -0.2) is 4.98 Å². The number of aromatic nitrogens is 2. The van der Waals surface area contributed by atoms with Crippen molar-refractivity contribution in [3.05, 3.63) is 18.2 Å². The molecule has 0 spiro atoms. The van der Waals surface area contributed by atoms with E-state index in [0.29, 0.717) is 0 Å². The molecule has 1 rings (SSSR count). The number of hydrogen-bond donors (Lipinski definition) is 1. The van der Waals surface area contributed by atoms with E-state index < -0.39 is 0 Å². The second-order valence-corrected chi connectivity index (χ2v) is 2.19. The molecule has 0 aliphatic carbocycles. The van der Waals surface area contributed by atoms with Crippen LogP contribution < -0.4 is 0 Å². The lowest BCUT2D eigenvalue weighted by molar-refractivity contribution is 0.279. The summed E-state index contributed by atoms with van der Waals surface area (Å²) in [6.07, 6.45) is 5.32. The molecular weight excluding hydrogens is 128 g/mol. The molecular formula is C7H11N2O. The summed E-state index contributed by atoms with van der Waals surface area (Å²) in [5.74, 6) is 0.952. The predicted octanol–water partition coefficient (Wildman–Crippen LogP) is 0.374. The first-order valence-electron chi connectivity index (χ1n) is 3.35. The summed E-state index contributed by atoms with van der Waals surface area (Å²) in [6.45, 7) is 2.99. The summed E-state index contributed by atoms with van der Waals surface area (Å²) in [4.78, 5) is 3.93. The van der Waals surface area contributed by atoms with Crippen LogP contribution in [0.25, 0.3) is 0 Å². The molecule has 3 heteroatoms. The van der Waals surface area contributed by atoms with Gasteiger partial charge in [-0.15, -0.1) is 0 Å². The normalized spacial score (nSPS) is 10.2. The van der Waals surface area contributed by atoms with Crippen molar-refractivity contribution in [3.63, 3.8) is 0 Å². The monoisotopic (exact) mass is 139 g/mol. The minimum Gasteiger partial charge on any atom is -0.396 e. The highest BCUT2D eigenvalue weighted by molar-refractivity contribution is 4.86. The third-order valence-electron chi connectivity index (χ3n) is 1.41. The highest BCUT2D eigenvalue weighted by atomic mass is 16.3. The van der Waals surface area contributed by atoms with E-state index in [9.17, 15) is 0 Å². The first kappa shape index (κ1) is 7.28. The third kappa shape index (κ3) is 1.57. The van der Waals surface area contributed by atoms with Crippen LogP contribution in [0.1, 0.15) is 12.2 Å². The zero-order valence-electron chi connectivity index (χ0n) is 6.04. The summed E-state index contributed by atoms with van der Waals surface area (Å²) in [7, 11) is 0. The highest BCUT2D eigenvalue weighted by Crippen LogP contribution is 1.95. The fraction of sp³-hybridized carbons (Fsp3) is 0.571. The molecule has 1 N–H and O–H groups in total. The third-order valence-corrected chi connectivity index (χ3v) is 1.41. The van der Waals surface area contributed by atoms with Gasteiger partial charge in [0.15, 0.2) is 0 Å². The van der Waals surface area contributed by atoms with Crippen molar-refractivity contribution in [2.75, 3.05) is 6.61 Å². The van der Waals surface area contributed by atoms with Crippen molar-refractivity contribution in [1.82, 2.24) is 9.55 Å². The second kappa shape index (κ2) is 3.37. The Morgan fingerprint density at radius 2 is 2.60 bits per heavy atom. The van der Waals surface area contributed by atoms with Crippen molar-refractivity contribution >= 4 is 0 Å². The minimum absolute atomic E-state index is 0.234. The van der Waals surface area contributed by atoms with E-state index in [1.54, 1.807) is 6.20 Å². The number of aliphatic hydroxyl groups is 1. The molecule has 0 unspecified atom stereocenters. The van der Waals surface area contributed by atoms with E-state index in [1.165, 1.54) is 0 Å². The van der Waals surface area contributed by atoms with Crippen LogP contribution in [-0.4, -0.2) is 21.3 Å². The lowest BCUT2D eigenvalue weighted by Gasteiger charge is -2.00. The van der Waals surface area contributed by atoms with Gasteiger partial charge in [-0.3, -0.25) is 0 Å². The van der Waals surface area contributed by atoms with Crippen molar-refractivity contribution in [2.24, 2.45) is 0 Å². The molecule has 1 aromatic rings. The minimum atomic E-state index is 0.234. The molecule has 0 fully saturated rings. The average Bonchev–Trinajstić information content (AvgIpc) is 2.31. The standard InChI is InChI=1S/C7H11N2O/c1-7-8-3-5-9(7)4-2-6-10/h5,10H,2,4,6H2,1H3. The summed E-state index contributed by atoms with van der Waals surface area (Å²) in [5.41, 5.74) is 0. The molecule has 0 aliphatic heterocycles. The molecule has 3 nitrogen and oxygen atoms in total. The molecule has 55 valence electrons. The molecule has 0 saturated carbocycles. The lowest BCUT2D eigenvalue weighted by Crippen LogP contribution is -2.00. The van der Waals surface area contributed by atoms with Crippen LogP contribution in [0.4, 0.5) is 0 Å². The lowest BCUT2D eigenvalue weighted by atomic mass is 10.4. The fourth-order valence-electron chi connectivity index (χ4n) is 0.817. The summed E-state index contributed by atoms with van der Waals surface area (Å²) < 4.78 is 1.97. The van der Waals surface area contributed by atoms with Crippen LogP contribution in [0.2, 0.25) is 0 Å². The molecule has 0 atom stereocenters. The molecule has 0 bridgehead atoms. The molecule has 10 heavy (non-hydrogen) atoms. The number of nitrogens with zero attached hydrogens (tertiary/aromatic N) is 2. The molecule has 0 amide bonds. The van der Waals surface area contributed by atoms with Crippen molar-refractivity contribution < 1.29 is 5.11 Å². The quantitative estimate of drug-likeness (QED) is 0.657. The number of aryl methyl sites for hydroxylation is 2. The van der Waals surface area contributed by atoms with Crippen LogP contribution in [0.3, 0.4) is 0 Å². The predicted molar refractivity (Wildman–Crippen MR) is 37.5 cm³/mol. The van der Waals surface area contributed by atoms with E-state index in [2.05, 4.69) is 11.2 Å². The molecule has 1 radical (unpaired) electrons. The maximum Gasteiger partial charge on any atom is 0.109 e. The van der Waals surface area contributed by atoms with Crippen LogP contribution in [0, 0.1) is 13.1 Å². The Morgan fingerprint density at radius 1 is 1.80 bits per heavy atom. The topological polar surface area (TPSA) is 38.0 Å². The maximum absolute atomic E-state index is 8.51. The van der Waals surface area contributed by atoms with Gasteiger partial charge in [0.2, 0.25) is 0 Å². The first-order chi connectivity index (χ1) is 4.84. The van der Waals surface area contributed by atoms with Gasteiger partial charge in [-0.05, 0) is 13.3 Å². The van der Waals surface area contributed by atoms with Gasteiger partial charge in [0.25, 0.3) is 0 Å². The second-order valence-electron chi connectivity index (χ2n) is 2.19. The van der Waals surface area contributed by atoms with Gasteiger partial charge in [0.05, 0.1) is 0 Å². The largest absolute Gasteiger partial charge is 0.396 e. The van der Waals surface area contributed by atoms with Crippen LogP contribution in [0.15, 0.2) is 6.20 Å². The SMILES string of the molecule is Cc1n[c]cn1CCCO. The highest BCUT2D eigenvalue weighted by Gasteiger charge is 1.94. The average molecular weight is 139 g/mol. The Kier molecular flexibility index (Phi) is 2.45. The summed E-state index contributed by atoms with van der Waals surface area (Å²) in [6, 6.07) is 0. The summed E-state index contributed by atoms with van der Waals surface area (Å²) >= 11 is 0. The number of hydrogen-bond acceptors (Lipinski definition) is 2. The fourth-order valence-corrected chi connectivity index (χ4v) is 0.817. The van der Waals surface area contributed by atoms with Crippen LogP contribution in [-0.2, 0) is 6.54 Å². The molecule has 1 aromatic heterocycles. The number of aliphatic hydroxyl groups excluding tert-OH is 1. The molecule has 0 aromatic carbocycles. The van der Waals surface area contributed by atoms with E-state index >= 15 is 0 Å². The zero-order chi connectivity index (χ0) is 7.40. The van der Waals surface area contributed by atoms with Gasteiger partial charge in [0, 0.05) is 19.3 Å². The van der Waals surface area contributed by atoms with Crippen molar-refractivity contribution in [1.29, 1.82) is 0 Å². The van der Waals surface area contributed by atoms with E-state index in [0.717, 1.165) is 18.8 Å². The smallest absolute Gasteiger partial charge is 0.109 e. The van der Waals surface area contributed by atoms with Gasteiger partial charge >= 0.3 is 0 Å². The van der Waals surface area contributed by atoms with E-state index in [-0.39, 0.29) is 6.61 Å². The van der Waals surface area contributed by atoms with Crippen LogP contribution >= 0.6 is 0 Å². The van der Waals surface area contributed by atoms with E-state index in [4.69, 9.17) is 5.11 Å².